The summed E-state index contributed by atoms with van der Waals surface area (Å²) < 4.78 is 5.07. The summed E-state index contributed by atoms with van der Waals surface area (Å²) in [5.74, 6) is 0.896. The van der Waals surface area contributed by atoms with Crippen molar-refractivity contribution in [1.29, 1.82) is 0 Å². The Morgan fingerprint density at radius 1 is 1.62 bits per heavy atom. The third kappa shape index (κ3) is 3.47. The zero-order valence-electron chi connectivity index (χ0n) is 9.90. The third-order valence-electron chi connectivity index (χ3n) is 2.98. The molecule has 1 aromatic rings. The molecule has 0 amide bonds. The van der Waals surface area contributed by atoms with Gasteiger partial charge in [0.15, 0.2) is 0 Å². The molecule has 16 heavy (non-hydrogen) atoms. The van der Waals surface area contributed by atoms with Crippen molar-refractivity contribution in [3.63, 3.8) is 0 Å². The average molecular weight is 246 g/mol. The van der Waals surface area contributed by atoms with Gasteiger partial charge in [0.2, 0.25) is 0 Å². The molecule has 0 bridgehead atoms. The number of aromatic nitrogens is 1. The van der Waals surface area contributed by atoms with Crippen LogP contribution in [0.4, 0.5) is 0 Å². The third-order valence-corrected chi connectivity index (χ3v) is 2.98. The predicted molar refractivity (Wildman–Crippen MR) is 65.8 cm³/mol. The van der Waals surface area contributed by atoms with Crippen LogP contribution in [0, 0.1) is 6.92 Å². The van der Waals surface area contributed by atoms with Crippen molar-refractivity contribution in [2.24, 2.45) is 0 Å². The lowest BCUT2D eigenvalue weighted by Crippen LogP contribution is -2.43. The van der Waals surface area contributed by atoms with Crippen molar-refractivity contribution in [2.45, 2.75) is 32.4 Å². The quantitative estimate of drug-likeness (QED) is 0.878. The Morgan fingerprint density at radius 2 is 2.44 bits per heavy atom. The van der Waals surface area contributed by atoms with E-state index in [1.807, 2.05) is 20.0 Å². The Bertz CT molecular complexity index is 316. The Kier molecular flexibility index (Phi) is 5.25. The summed E-state index contributed by atoms with van der Waals surface area (Å²) in [7, 11) is 2.04. The highest BCUT2D eigenvalue weighted by atomic mass is 35.5. The number of nitrogens with zero attached hydrogens (tertiary/aromatic N) is 2. The maximum Gasteiger partial charge on any atom is 0.133 e. The Hall–Kier alpha value is -0.580. The van der Waals surface area contributed by atoms with Gasteiger partial charge in [0.25, 0.3) is 0 Å². The van der Waals surface area contributed by atoms with Gasteiger partial charge in [0.05, 0.1) is 5.69 Å². The summed E-state index contributed by atoms with van der Waals surface area (Å²) in [5.41, 5.74) is 1.05. The van der Waals surface area contributed by atoms with Crippen LogP contribution in [-0.2, 0) is 6.54 Å². The standard InChI is InChI=1S/C11H19N3O.ClH/c1-9-6-11(13-15-9)8-14-5-3-4-10(7-14)12-2;/h6,10,12H,3-5,7-8H2,1-2H3;1H. The van der Waals surface area contributed by atoms with E-state index in [1.165, 1.54) is 19.4 Å². The van der Waals surface area contributed by atoms with Gasteiger partial charge in [-0.25, -0.2) is 0 Å². The zero-order valence-corrected chi connectivity index (χ0v) is 10.7. The van der Waals surface area contributed by atoms with Crippen molar-refractivity contribution >= 4 is 12.4 Å². The molecule has 92 valence electrons. The summed E-state index contributed by atoms with van der Waals surface area (Å²) in [4.78, 5) is 2.43. The van der Waals surface area contributed by atoms with Crippen molar-refractivity contribution in [2.75, 3.05) is 20.1 Å². The molecule has 0 aliphatic carbocycles. The number of nitrogens with one attached hydrogen (secondary N) is 1. The molecule has 1 atom stereocenters. The molecule has 1 fully saturated rings. The van der Waals surface area contributed by atoms with E-state index in [1.54, 1.807) is 0 Å². The van der Waals surface area contributed by atoms with E-state index < -0.39 is 0 Å². The first-order valence-corrected chi connectivity index (χ1v) is 5.60. The van der Waals surface area contributed by atoms with Gasteiger partial charge in [-0.15, -0.1) is 12.4 Å². The summed E-state index contributed by atoms with van der Waals surface area (Å²) in [6, 6.07) is 2.65. The van der Waals surface area contributed by atoms with Crippen molar-refractivity contribution < 1.29 is 4.52 Å². The average Bonchev–Trinajstić information content (AvgIpc) is 2.64. The largest absolute Gasteiger partial charge is 0.361 e. The fourth-order valence-electron chi connectivity index (χ4n) is 2.16. The minimum absolute atomic E-state index is 0. The minimum atomic E-state index is 0. The van der Waals surface area contributed by atoms with E-state index in [2.05, 4.69) is 15.4 Å². The van der Waals surface area contributed by atoms with Gasteiger partial charge >= 0.3 is 0 Å². The highest BCUT2D eigenvalue weighted by Gasteiger charge is 2.19. The van der Waals surface area contributed by atoms with Crippen LogP contribution in [0.25, 0.3) is 0 Å². The highest BCUT2D eigenvalue weighted by Crippen LogP contribution is 2.13. The lowest BCUT2D eigenvalue weighted by atomic mass is 10.1. The molecule has 1 aliphatic rings. The van der Waals surface area contributed by atoms with Crippen LogP contribution in [0.5, 0.6) is 0 Å². The first-order chi connectivity index (χ1) is 7.28. The topological polar surface area (TPSA) is 41.3 Å². The van der Waals surface area contributed by atoms with Crippen molar-refractivity contribution in [3.05, 3.63) is 17.5 Å². The molecule has 0 radical (unpaired) electrons. The van der Waals surface area contributed by atoms with Crippen molar-refractivity contribution in [3.8, 4) is 0 Å². The summed E-state index contributed by atoms with van der Waals surface area (Å²) in [6.07, 6.45) is 2.55. The van der Waals surface area contributed by atoms with E-state index in [0.717, 1.165) is 24.5 Å². The highest BCUT2D eigenvalue weighted by molar-refractivity contribution is 5.85. The molecule has 1 N–H and O–H groups in total. The lowest BCUT2D eigenvalue weighted by molar-refractivity contribution is 0.183. The zero-order chi connectivity index (χ0) is 10.7. The summed E-state index contributed by atoms with van der Waals surface area (Å²) in [6.45, 7) is 5.13. The number of likely N-dealkylation sites (tertiary alicyclic amines) is 1. The number of likely N-dealkylation sites (N-methyl/N-ethyl adjacent to an activating group) is 1. The van der Waals surface area contributed by atoms with Crippen LogP contribution >= 0.6 is 12.4 Å². The Morgan fingerprint density at radius 3 is 3.06 bits per heavy atom. The molecular formula is C11H20ClN3O. The normalized spacial score (nSPS) is 21.8. The molecule has 4 nitrogen and oxygen atoms in total. The number of hydrogen-bond acceptors (Lipinski definition) is 4. The maximum absolute atomic E-state index is 5.07. The summed E-state index contributed by atoms with van der Waals surface area (Å²) in [5, 5.41) is 7.36. The molecule has 0 spiro atoms. The predicted octanol–water partition coefficient (Wildman–Crippen LogP) is 1.59. The van der Waals surface area contributed by atoms with Gasteiger partial charge in [0, 0.05) is 25.2 Å². The van der Waals surface area contributed by atoms with Gasteiger partial charge in [-0.3, -0.25) is 4.90 Å². The van der Waals surface area contributed by atoms with Gasteiger partial charge < -0.3 is 9.84 Å². The number of piperidine rings is 1. The maximum atomic E-state index is 5.07. The molecule has 1 aromatic heterocycles. The number of aryl methyl sites for hydroxylation is 1. The van der Waals surface area contributed by atoms with Crippen LogP contribution in [0.3, 0.4) is 0 Å². The summed E-state index contributed by atoms with van der Waals surface area (Å²) >= 11 is 0. The molecule has 2 heterocycles. The van der Waals surface area contributed by atoms with Crippen LogP contribution in [-0.4, -0.2) is 36.2 Å². The monoisotopic (exact) mass is 245 g/mol. The van der Waals surface area contributed by atoms with Gasteiger partial charge in [-0.1, -0.05) is 5.16 Å². The Labute approximate surface area is 103 Å². The van der Waals surface area contributed by atoms with E-state index in [9.17, 15) is 0 Å². The Balaban J connectivity index is 0.00000128. The SMILES string of the molecule is CNC1CCCN(Cc2cc(C)on2)C1.Cl. The molecule has 1 aliphatic heterocycles. The number of hydrogen-bond donors (Lipinski definition) is 1. The smallest absolute Gasteiger partial charge is 0.133 e. The first-order valence-electron chi connectivity index (χ1n) is 5.60. The van der Waals surface area contributed by atoms with Crippen LogP contribution in [0.1, 0.15) is 24.3 Å². The number of rotatable bonds is 3. The van der Waals surface area contributed by atoms with Gasteiger partial charge in [0.1, 0.15) is 5.76 Å². The van der Waals surface area contributed by atoms with E-state index in [0.29, 0.717) is 6.04 Å². The van der Waals surface area contributed by atoms with Crippen LogP contribution in [0.15, 0.2) is 10.6 Å². The molecule has 1 unspecified atom stereocenters. The van der Waals surface area contributed by atoms with Crippen LogP contribution < -0.4 is 5.32 Å². The first kappa shape index (κ1) is 13.5. The second-order valence-corrected chi connectivity index (χ2v) is 4.29. The molecule has 0 saturated carbocycles. The second-order valence-electron chi connectivity index (χ2n) is 4.29. The van der Waals surface area contributed by atoms with E-state index >= 15 is 0 Å². The second kappa shape index (κ2) is 6.23. The van der Waals surface area contributed by atoms with E-state index in [-0.39, 0.29) is 12.4 Å². The molecule has 2 rings (SSSR count). The van der Waals surface area contributed by atoms with Gasteiger partial charge in [-0.2, -0.15) is 0 Å². The lowest BCUT2D eigenvalue weighted by Gasteiger charge is -2.31. The molecule has 5 heteroatoms. The van der Waals surface area contributed by atoms with E-state index in [4.69, 9.17) is 4.52 Å². The molecular weight excluding hydrogens is 226 g/mol. The fourth-order valence-corrected chi connectivity index (χ4v) is 2.16. The molecule has 1 saturated heterocycles. The van der Waals surface area contributed by atoms with Crippen molar-refractivity contribution in [1.82, 2.24) is 15.4 Å². The minimum Gasteiger partial charge on any atom is -0.361 e. The van der Waals surface area contributed by atoms with Gasteiger partial charge in [-0.05, 0) is 33.4 Å². The fraction of sp³-hybridized carbons (Fsp3) is 0.727. The van der Waals surface area contributed by atoms with Crippen LogP contribution in [0.2, 0.25) is 0 Å². The number of halogens is 1. The molecule has 0 aromatic carbocycles.